The lowest BCUT2D eigenvalue weighted by molar-refractivity contribution is -0.659. The molecule has 1 nitrogen and oxygen atoms in total. The minimum Gasteiger partial charge on any atom is -0.200 e. The van der Waals surface area contributed by atoms with Gasteiger partial charge in [0.1, 0.15) is 8.42 Å². The maximum Gasteiger partial charge on any atom is 0.220 e. The van der Waals surface area contributed by atoms with E-state index in [-0.39, 0.29) is 5.56 Å². The van der Waals surface area contributed by atoms with Gasteiger partial charge in [0, 0.05) is 11.5 Å². The summed E-state index contributed by atoms with van der Waals surface area (Å²) in [5.74, 6) is -0.939. The molecule has 0 aliphatic heterocycles. The summed E-state index contributed by atoms with van der Waals surface area (Å²) in [6.07, 6.45) is 0.344. The molecule has 1 aromatic heterocycles. The van der Waals surface area contributed by atoms with Crippen LogP contribution >= 0.6 is 0 Å². The molecule has 0 radical (unpaired) electrons. The molecule has 0 saturated heterocycles. The van der Waals surface area contributed by atoms with Gasteiger partial charge in [-0.2, -0.15) is 0 Å². The third-order valence-electron chi connectivity index (χ3n) is 4.45. The second-order valence-corrected chi connectivity index (χ2v) is 6.47. The van der Waals surface area contributed by atoms with Gasteiger partial charge in [-0.05, 0) is 60.8 Å². The predicted octanol–water partition coefficient (Wildman–Crippen LogP) is 5.38. The first-order chi connectivity index (χ1) is 12.8. The van der Waals surface area contributed by atoms with Crippen LogP contribution in [0.5, 0.6) is 0 Å². The molecule has 0 amide bonds. The Balaban J connectivity index is 2.51. The Morgan fingerprint density at radius 1 is 1.13 bits per heavy atom. The van der Waals surface area contributed by atoms with E-state index in [1.165, 1.54) is 0 Å². The molecule has 1 heteroatoms. The minimum atomic E-state index is -2.27. The van der Waals surface area contributed by atoms with Crippen LogP contribution in [0.25, 0.3) is 22.0 Å². The Morgan fingerprint density at radius 2 is 1.91 bits per heavy atom. The quantitative estimate of drug-likeness (QED) is 0.560. The number of fused-ring (bicyclic) bond motifs is 1. The highest BCUT2D eigenvalue weighted by Gasteiger charge is 2.19. The fraction of sp³-hybridized carbons (Fsp3) is 0.318. The summed E-state index contributed by atoms with van der Waals surface area (Å²) in [4.78, 5) is 0. The number of hydrogen-bond donors (Lipinski definition) is 0. The van der Waals surface area contributed by atoms with Crippen molar-refractivity contribution in [3.05, 3.63) is 64.8 Å². The van der Waals surface area contributed by atoms with Crippen molar-refractivity contribution in [2.45, 2.75) is 40.4 Å². The highest BCUT2D eigenvalue weighted by atomic mass is 14.9. The topological polar surface area (TPSA) is 3.88 Å². The van der Waals surface area contributed by atoms with Gasteiger partial charge in [0.25, 0.3) is 0 Å². The summed E-state index contributed by atoms with van der Waals surface area (Å²) in [6, 6.07) is 11.4. The highest BCUT2D eigenvalue weighted by Crippen LogP contribution is 2.32. The molecular formula is C22H26N+. The van der Waals surface area contributed by atoms with Crippen LogP contribution in [0.1, 0.15) is 48.8 Å². The summed E-state index contributed by atoms with van der Waals surface area (Å²) in [5, 5.41) is 1.91. The van der Waals surface area contributed by atoms with Crippen LogP contribution in [0.3, 0.4) is 0 Å². The molecule has 2 aromatic carbocycles. The molecule has 118 valence electrons. The van der Waals surface area contributed by atoms with Crippen molar-refractivity contribution in [2.24, 2.45) is 7.05 Å². The number of hydrogen-bond acceptors (Lipinski definition) is 0. The van der Waals surface area contributed by atoms with Gasteiger partial charge >= 0.3 is 0 Å². The van der Waals surface area contributed by atoms with Crippen LogP contribution in [-0.4, -0.2) is 0 Å². The van der Waals surface area contributed by atoms with Crippen LogP contribution in [0.4, 0.5) is 0 Å². The molecular weight excluding hydrogens is 278 g/mol. The zero-order chi connectivity index (χ0) is 21.0. The molecule has 0 bridgehead atoms. The van der Waals surface area contributed by atoms with Gasteiger partial charge in [-0.1, -0.05) is 37.6 Å². The standard InChI is InChI=1S/C22H26N/c1-14(2)19-12-16(4)17(5)20(13-19)22-21-11-15(3)7-8-18(21)9-10-23(22)6/h7-14H,1-6H3/q+1/i4D3,10D,14D. The molecule has 23 heavy (non-hydrogen) atoms. The van der Waals surface area contributed by atoms with Crippen LogP contribution in [0.15, 0.2) is 42.6 Å². The fourth-order valence-corrected chi connectivity index (χ4v) is 2.99. The van der Waals surface area contributed by atoms with E-state index in [9.17, 15) is 0 Å². The van der Waals surface area contributed by atoms with E-state index in [2.05, 4.69) is 6.07 Å². The van der Waals surface area contributed by atoms with Crippen molar-refractivity contribution in [3.63, 3.8) is 0 Å². The molecule has 0 atom stereocenters. The van der Waals surface area contributed by atoms with E-state index in [0.29, 0.717) is 17.3 Å². The zero-order valence-corrected chi connectivity index (χ0v) is 14.4. The first-order valence-electron chi connectivity index (χ1n) is 10.4. The molecule has 0 saturated carbocycles. The molecule has 0 N–H and O–H groups in total. The Labute approximate surface area is 146 Å². The van der Waals surface area contributed by atoms with Gasteiger partial charge in [-0.25, -0.2) is 4.57 Å². The number of aromatic nitrogens is 1. The molecule has 3 rings (SSSR count). The van der Waals surface area contributed by atoms with Crippen LogP contribution < -0.4 is 4.57 Å². The number of rotatable bonds is 2. The highest BCUT2D eigenvalue weighted by molar-refractivity contribution is 5.94. The second-order valence-electron chi connectivity index (χ2n) is 6.47. The van der Waals surface area contributed by atoms with Gasteiger partial charge < -0.3 is 0 Å². The number of nitrogens with zero attached hydrogens (tertiary/aromatic N) is 1. The van der Waals surface area contributed by atoms with Crippen molar-refractivity contribution >= 4 is 10.8 Å². The van der Waals surface area contributed by atoms with Gasteiger partial charge in [0.15, 0.2) is 6.17 Å². The zero-order valence-electron chi connectivity index (χ0n) is 19.4. The van der Waals surface area contributed by atoms with Crippen molar-refractivity contribution in [2.75, 3.05) is 0 Å². The van der Waals surface area contributed by atoms with Gasteiger partial charge in [-0.15, -0.1) is 0 Å². The first-order valence-corrected chi connectivity index (χ1v) is 7.86. The van der Waals surface area contributed by atoms with Gasteiger partial charge in [0.2, 0.25) is 5.69 Å². The van der Waals surface area contributed by atoms with Crippen molar-refractivity contribution < 1.29 is 11.4 Å². The van der Waals surface area contributed by atoms with Gasteiger partial charge in [0.05, 0.1) is 10.9 Å². The van der Waals surface area contributed by atoms with Crippen LogP contribution in [-0.2, 0) is 7.05 Å². The van der Waals surface area contributed by atoms with E-state index in [0.717, 1.165) is 27.6 Å². The van der Waals surface area contributed by atoms with E-state index in [1.807, 2.05) is 45.2 Å². The monoisotopic (exact) mass is 309 g/mol. The third-order valence-corrected chi connectivity index (χ3v) is 4.45. The Bertz CT molecular complexity index is 1080. The van der Waals surface area contributed by atoms with Crippen LogP contribution in [0, 0.1) is 20.7 Å². The molecule has 0 unspecified atom stereocenters. The summed E-state index contributed by atoms with van der Waals surface area (Å²) in [5.41, 5.74) is 4.23. The van der Waals surface area contributed by atoms with Crippen molar-refractivity contribution in [1.29, 1.82) is 0 Å². The summed E-state index contributed by atoms with van der Waals surface area (Å²) >= 11 is 0. The molecule has 1 heterocycles. The Hall–Kier alpha value is -2.15. The molecule has 0 aliphatic rings. The minimum absolute atomic E-state index is 0.261. The summed E-state index contributed by atoms with van der Waals surface area (Å²) in [6.45, 7) is 5.07. The maximum absolute atomic E-state index is 8.47. The normalized spacial score (nSPS) is 15.6. The van der Waals surface area contributed by atoms with Crippen molar-refractivity contribution in [3.8, 4) is 11.3 Å². The molecule has 3 aromatic rings. The average Bonchev–Trinajstić information content (AvgIpc) is 2.55. The van der Waals surface area contributed by atoms with Crippen molar-refractivity contribution in [1.82, 2.24) is 0 Å². The third kappa shape index (κ3) is 2.76. The maximum atomic E-state index is 8.47. The summed E-state index contributed by atoms with van der Waals surface area (Å²) in [7, 11) is 1.83. The smallest absolute Gasteiger partial charge is 0.200 e. The molecule has 0 spiro atoms. The Morgan fingerprint density at radius 3 is 2.61 bits per heavy atom. The average molecular weight is 309 g/mol. The van der Waals surface area contributed by atoms with E-state index in [4.69, 9.17) is 6.85 Å². The lowest BCUT2D eigenvalue weighted by atomic mass is 9.90. The van der Waals surface area contributed by atoms with E-state index >= 15 is 0 Å². The Kier molecular flexibility index (Phi) is 2.67. The van der Waals surface area contributed by atoms with E-state index in [1.54, 1.807) is 24.5 Å². The lowest BCUT2D eigenvalue weighted by Crippen LogP contribution is -2.31. The van der Waals surface area contributed by atoms with E-state index < -0.39 is 12.7 Å². The first kappa shape index (κ1) is 10.6. The second kappa shape index (κ2) is 5.81. The fourth-order valence-electron chi connectivity index (χ4n) is 2.99. The number of aryl methyl sites for hydroxylation is 2. The largest absolute Gasteiger partial charge is 0.220 e. The van der Waals surface area contributed by atoms with Crippen LogP contribution in [0.2, 0.25) is 0 Å². The van der Waals surface area contributed by atoms with Gasteiger partial charge in [-0.3, -0.25) is 0 Å². The number of pyridine rings is 1. The molecule has 0 fully saturated rings. The number of benzene rings is 2. The summed E-state index contributed by atoms with van der Waals surface area (Å²) < 4.78 is 42.6. The lowest BCUT2D eigenvalue weighted by Gasteiger charge is -2.14. The molecule has 0 aliphatic carbocycles. The predicted molar refractivity (Wildman–Crippen MR) is 98.9 cm³/mol. The SMILES string of the molecule is [2H]c1cc2ccc(C)cc2c(-c2cc(C([2H])(C)C)cc(C([2H])([2H])[2H])c2C)[n+]1C.